The number of carbonyl (C=O) groups excluding carboxylic acids is 2. The van der Waals surface area contributed by atoms with Crippen LogP contribution in [0.2, 0.25) is 0 Å². The topological polar surface area (TPSA) is 85.9 Å². The molecule has 0 bridgehead atoms. The second-order valence-corrected chi connectivity index (χ2v) is 5.18. The van der Waals surface area contributed by atoms with Crippen molar-refractivity contribution in [3.8, 4) is 5.75 Å². The first-order valence-electron chi connectivity index (χ1n) is 7.74. The molecular weight excluding hydrogens is 312 g/mol. The van der Waals surface area contributed by atoms with Crippen molar-refractivity contribution in [3.63, 3.8) is 0 Å². The molecule has 0 radical (unpaired) electrons. The zero-order valence-electron chi connectivity index (χ0n) is 14.0. The number of nitrogens with one attached hydrogen (secondary N) is 2. The highest BCUT2D eigenvalue weighted by Crippen LogP contribution is 2.28. The molecule has 1 heterocycles. The molecule has 7 nitrogen and oxygen atoms in total. The van der Waals surface area contributed by atoms with Crippen molar-refractivity contribution >= 4 is 12.0 Å². The Labute approximate surface area is 141 Å². The third-order valence-corrected chi connectivity index (χ3v) is 3.60. The fraction of sp³-hybridized carbons (Fsp3) is 0.412. The number of carbonyl (C=O) groups is 2. The van der Waals surface area contributed by atoms with Gasteiger partial charge in [0.15, 0.2) is 0 Å². The molecule has 2 N–H and O–H groups in total. The second-order valence-electron chi connectivity index (χ2n) is 5.18. The lowest BCUT2D eigenvalue weighted by Crippen LogP contribution is -2.45. The molecule has 24 heavy (non-hydrogen) atoms. The first-order chi connectivity index (χ1) is 11.6. The summed E-state index contributed by atoms with van der Waals surface area (Å²) in [6.45, 7) is 4.60. The van der Waals surface area contributed by atoms with Crippen LogP contribution in [0.1, 0.15) is 25.5 Å². The van der Waals surface area contributed by atoms with Crippen LogP contribution in [-0.2, 0) is 14.3 Å². The third kappa shape index (κ3) is 4.26. The minimum Gasteiger partial charge on any atom is -0.497 e. The first-order valence-corrected chi connectivity index (χ1v) is 7.74. The van der Waals surface area contributed by atoms with Crippen molar-refractivity contribution in [1.29, 1.82) is 0 Å². The number of esters is 1. The van der Waals surface area contributed by atoms with E-state index < -0.39 is 12.0 Å². The second kappa shape index (κ2) is 8.35. The third-order valence-electron chi connectivity index (χ3n) is 3.60. The molecule has 0 saturated heterocycles. The highest BCUT2D eigenvalue weighted by molar-refractivity contribution is 5.95. The molecule has 0 spiro atoms. The Hall–Kier alpha value is -2.54. The van der Waals surface area contributed by atoms with E-state index in [1.807, 2.05) is 6.92 Å². The molecule has 130 valence electrons. The van der Waals surface area contributed by atoms with Gasteiger partial charge in [-0.05, 0) is 31.5 Å². The van der Waals surface area contributed by atoms with Gasteiger partial charge in [-0.3, -0.25) is 0 Å². The molecule has 7 heteroatoms. The van der Waals surface area contributed by atoms with E-state index in [-0.39, 0.29) is 12.6 Å². The molecule has 1 aromatic rings. The van der Waals surface area contributed by atoms with Crippen LogP contribution in [0, 0.1) is 0 Å². The summed E-state index contributed by atoms with van der Waals surface area (Å²) in [4.78, 5) is 24.2. The van der Waals surface area contributed by atoms with Crippen molar-refractivity contribution in [2.75, 3.05) is 26.9 Å². The minimum atomic E-state index is -0.579. The van der Waals surface area contributed by atoms with Crippen LogP contribution in [0.25, 0.3) is 0 Å². The van der Waals surface area contributed by atoms with E-state index in [1.165, 1.54) is 0 Å². The molecule has 0 fully saturated rings. The maximum Gasteiger partial charge on any atom is 0.338 e. The fourth-order valence-corrected chi connectivity index (χ4v) is 2.43. The SMILES string of the molecule is CCOCCOC(=O)C1=C(C)NC(=O)N[C@H]1c1ccc(OC)cc1. The highest BCUT2D eigenvalue weighted by Gasteiger charge is 2.32. The van der Waals surface area contributed by atoms with E-state index in [4.69, 9.17) is 14.2 Å². The number of allylic oxidation sites excluding steroid dienone is 1. The Morgan fingerprint density at radius 1 is 1.21 bits per heavy atom. The average Bonchev–Trinajstić information content (AvgIpc) is 2.58. The molecule has 1 aromatic carbocycles. The van der Waals surface area contributed by atoms with Gasteiger partial charge in [0.2, 0.25) is 0 Å². The van der Waals surface area contributed by atoms with Crippen LogP contribution < -0.4 is 15.4 Å². The van der Waals surface area contributed by atoms with Crippen LogP contribution in [-0.4, -0.2) is 38.9 Å². The van der Waals surface area contributed by atoms with Crippen molar-refractivity contribution < 1.29 is 23.8 Å². The van der Waals surface area contributed by atoms with Crippen LogP contribution >= 0.6 is 0 Å². The average molecular weight is 334 g/mol. The van der Waals surface area contributed by atoms with Crippen LogP contribution in [0.3, 0.4) is 0 Å². The zero-order valence-corrected chi connectivity index (χ0v) is 14.0. The van der Waals surface area contributed by atoms with E-state index in [9.17, 15) is 9.59 Å². The van der Waals surface area contributed by atoms with Gasteiger partial charge in [-0.15, -0.1) is 0 Å². The molecule has 0 aromatic heterocycles. The summed E-state index contributed by atoms with van der Waals surface area (Å²) in [5, 5.41) is 5.36. The van der Waals surface area contributed by atoms with Gasteiger partial charge in [-0.25, -0.2) is 9.59 Å². The van der Waals surface area contributed by atoms with Gasteiger partial charge in [0.1, 0.15) is 12.4 Å². The van der Waals surface area contributed by atoms with Gasteiger partial charge >= 0.3 is 12.0 Å². The van der Waals surface area contributed by atoms with Crippen molar-refractivity contribution in [1.82, 2.24) is 10.6 Å². The van der Waals surface area contributed by atoms with Crippen molar-refractivity contribution in [3.05, 3.63) is 41.1 Å². The molecule has 1 aliphatic heterocycles. The van der Waals surface area contributed by atoms with Gasteiger partial charge in [-0.2, -0.15) is 0 Å². The molecule has 0 unspecified atom stereocenters. The Morgan fingerprint density at radius 2 is 1.92 bits per heavy atom. The molecule has 0 aliphatic carbocycles. The van der Waals surface area contributed by atoms with Crippen LogP contribution in [0.4, 0.5) is 4.79 Å². The van der Waals surface area contributed by atoms with E-state index in [1.54, 1.807) is 38.3 Å². The lowest BCUT2D eigenvalue weighted by atomic mass is 9.95. The maximum atomic E-state index is 12.4. The molecular formula is C17H22N2O5. The lowest BCUT2D eigenvalue weighted by Gasteiger charge is -2.28. The summed E-state index contributed by atoms with van der Waals surface area (Å²) >= 11 is 0. The predicted octanol–water partition coefficient (Wildman–Crippen LogP) is 1.90. The number of methoxy groups -OCH3 is 1. The lowest BCUT2D eigenvalue weighted by molar-refractivity contribution is -0.141. The van der Waals surface area contributed by atoms with Crippen molar-refractivity contribution in [2.45, 2.75) is 19.9 Å². The Kier molecular flexibility index (Phi) is 6.20. The summed E-state index contributed by atoms with van der Waals surface area (Å²) in [6, 6.07) is 6.21. The standard InChI is InChI=1S/C17H22N2O5/c1-4-23-9-10-24-16(20)14-11(2)18-17(21)19-15(14)12-5-7-13(22-3)8-6-12/h5-8,15H,4,9-10H2,1-3H3,(H2,18,19,21)/t15-/m0/s1. The van der Waals surface area contributed by atoms with Gasteiger partial charge in [0.25, 0.3) is 0 Å². The molecule has 1 atom stereocenters. The molecule has 0 saturated carbocycles. The number of hydrogen-bond donors (Lipinski definition) is 2. The molecule has 1 aliphatic rings. The van der Waals surface area contributed by atoms with E-state index >= 15 is 0 Å². The number of amides is 2. The van der Waals surface area contributed by atoms with E-state index in [0.29, 0.717) is 30.2 Å². The minimum absolute atomic E-state index is 0.159. The Balaban J connectivity index is 2.21. The smallest absolute Gasteiger partial charge is 0.338 e. The fourth-order valence-electron chi connectivity index (χ4n) is 2.43. The highest BCUT2D eigenvalue weighted by atomic mass is 16.6. The van der Waals surface area contributed by atoms with E-state index in [2.05, 4.69) is 10.6 Å². The summed E-state index contributed by atoms with van der Waals surface area (Å²) in [6.07, 6.45) is 0. The number of ether oxygens (including phenoxy) is 3. The summed E-state index contributed by atoms with van der Waals surface area (Å²) in [5.41, 5.74) is 1.61. The number of urea groups is 1. The van der Waals surface area contributed by atoms with Crippen LogP contribution in [0.5, 0.6) is 5.75 Å². The number of benzene rings is 1. The summed E-state index contributed by atoms with van der Waals surface area (Å²) < 4.78 is 15.5. The molecule has 2 rings (SSSR count). The summed E-state index contributed by atoms with van der Waals surface area (Å²) in [7, 11) is 1.58. The van der Waals surface area contributed by atoms with Crippen LogP contribution in [0.15, 0.2) is 35.5 Å². The first kappa shape index (κ1) is 17.8. The van der Waals surface area contributed by atoms with E-state index in [0.717, 1.165) is 5.56 Å². The quantitative estimate of drug-likeness (QED) is 0.587. The number of rotatable bonds is 7. The van der Waals surface area contributed by atoms with Crippen molar-refractivity contribution in [2.24, 2.45) is 0 Å². The predicted molar refractivity (Wildman–Crippen MR) is 87.6 cm³/mol. The van der Waals surface area contributed by atoms with Gasteiger partial charge in [0, 0.05) is 12.3 Å². The monoisotopic (exact) mass is 334 g/mol. The Bertz CT molecular complexity index is 624. The van der Waals surface area contributed by atoms with Gasteiger partial charge in [-0.1, -0.05) is 12.1 Å². The largest absolute Gasteiger partial charge is 0.497 e. The van der Waals surface area contributed by atoms with Gasteiger partial charge < -0.3 is 24.8 Å². The van der Waals surface area contributed by atoms with Gasteiger partial charge in [0.05, 0.1) is 25.3 Å². The Morgan fingerprint density at radius 3 is 2.54 bits per heavy atom. The zero-order chi connectivity index (χ0) is 17.5. The maximum absolute atomic E-state index is 12.4. The summed E-state index contributed by atoms with van der Waals surface area (Å²) in [5.74, 6) is 0.209. The normalized spacial score (nSPS) is 17.1. The number of hydrogen-bond acceptors (Lipinski definition) is 5. The molecule has 2 amide bonds.